The van der Waals surface area contributed by atoms with E-state index in [0.29, 0.717) is 24.6 Å². The second-order valence-electron chi connectivity index (χ2n) is 5.78. The summed E-state index contributed by atoms with van der Waals surface area (Å²) in [5.41, 5.74) is 2.91. The van der Waals surface area contributed by atoms with Gasteiger partial charge in [0.1, 0.15) is 0 Å². The number of hydrogen-bond acceptors (Lipinski definition) is 4. The molecule has 25 heavy (non-hydrogen) atoms. The highest BCUT2D eigenvalue weighted by Crippen LogP contribution is 2.11. The molecule has 0 saturated carbocycles. The van der Waals surface area contributed by atoms with E-state index < -0.39 is 0 Å². The van der Waals surface area contributed by atoms with Crippen LogP contribution in [0.2, 0.25) is 0 Å². The number of ether oxygens (including phenoxy) is 1. The van der Waals surface area contributed by atoms with Gasteiger partial charge >= 0.3 is 0 Å². The van der Waals surface area contributed by atoms with Crippen LogP contribution >= 0.6 is 0 Å². The number of benzene rings is 1. The Hall–Kier alpha value is -2.40. The average Bonchev–Trinajstić information content (AvgIpc) is 2.65. The maximum Gasteiger partial charge on any atom is 0.251 e. The number of pyridine rings is 1. The Labute approximate surface area is 150 Å². The Bertz CT molecular complexity index is 684. The largest absolute Gasteiger partial charge is 0.478 e. The number of carbonyl (C=O) groups is 1. The number of aromatic nitrogens is 1. The number of nitrogens with one attached hydrogen (secondary N) is 1. The van der Waals surface area contributed by atoms with E-state index in [0.717, 1.165) is 25.2 Å². The number of carbonyl (C=O) groups excluding carboxylic acids is 1. The Kier molecular flexibility index (Phi) is 7.41. The van der Waals surface area contributed by atoms with Gasteiger partial charge in [-0.2, -0.15) is 0 Å². The van der Waals surface area contributed by atoms with Gasteiger partial charge in [-0.3, -0.25) is 9.69 Å². The summed E-state index contributed by atoms with van der Waals surface area (Å²) in [4.78, 5) is 18.8. The van der Waals surface area contributed by atoms with Crippen molar-refractivity contribution in [2.75, 3.05) is 19.7 Å². The van der Waals surface area contributed by atoms with E-state index in [1.54, 1.807) is 18.3 Å². The van der Waals surface area contributed by atoms with Gasteiger partial charge in [0.15, 0.2) is 0 Å². The van der Waals surface area contributed by atoms with Crippen LogP contribution in [-0.2, 0) is 13.1 Å². The molecule has 0 aliphatic heterocycles. The minimum atomic E-state index is -0.127. The SMILES string of the molecule is CCOc1cc(C(=O)NCc2cccc(CN(CC)CC)c2)ccn1. The number of amides is 1. The first kappa shape index (κ1) is 18.9. The van der Waals surface area contributed by atoms with Crippen molar-refractivity contribution in [1.29, 1.82) is 0 Å². The number of rotatable bonds is 9. The van der Waals surface area contributed by atoms with Crippen LogP contribution in [-0.4, -0.2) is 35.5 Å². The molecule has 5 heteroatoms. The van der Waals surface area contributed by atoms with E-state index in [-0.39, 0.29) is 5.91 Å². The Morgan fingerprint density at radius 3 is 2.60 bits per heavy atom. The molecule has 0 radical (unpaired) electrons. The lowest BCUT2D eigenvalue weighted by molar-refractivity contribution is 0.0950. The lowest BCUT2D eigenvalue weighted by Gasteiger charge is -2.18. The van der Waals surface area contributed by atoms with Crippen molar-refractivity contribution in [2.45, 2.75) is 33.9 Å². The van der Waals surface area contributed by atoms with Gasteiger partial charge in [0.05, 0.1) is 6.61 Å². The van der Waals surface area contributed by atoms with Gasteiger partial charge in [0.2, 0.25) is 5.88 Å². The summed E-state index contributed by atoms with van der Waals surface area (Å²) >= 11 is 0. The highest BCUT2D eigenvalue weighted by molar-refractivity contribution is 5.94. The van der Waals surface area contributed by atoms with Gasteiger partial charge in [0, 0.05) is 30.9 Å². The van der Waals surface area contributed by atoms with Crippen LogP contribution in [0.15, 0.2) is 42.6 Å². The topological polar surface area (TPSA) is 54.5 Å². The quantitative estimate of drug-likeness (QED) is 0.761. The molecule has 0 spiro atoms. The van der Waals surface area contributed by atoms with Crippen molar-refractivity contribution in [3.05, 3.63) is 59.3 Å². The molecule has 0 unspecified atom stereocenters. The zero-order chi connectivity index (χ0) is 18.1. The van der Waals surface area contributed by atoms with Crippen LogP contribution in [0.5, 0.6) is 5.88 Å². The van der Waals surface area contributed by atoms with Gasteiger partial charge in [-0.1, -0.05) is 38.1 Å². The third kappa shape index (κ3) is 5.87. The van der Waals surface area contributed by atoms with Gasteiger partial charge in [-0.25, -0.2) is 4.98 Å². The molecule has 1 aromatic heterocycles. The molecule has 134 valence electrons. The molecule has 0 bridgehead atoms. The summed E-state index contributed by atoms with van der Waals surface area (Å²) in [7, 11) is 0. The smallest absolute Gasteiger partial charge is 0.251 e. The van der Waals surface area contributed by atoms with Crippen molar-refractivity contribution >= 4 is 5.91 Å². The summed E-state index contributed by atoms with van der Waals surface area (Å²) in [5, 5.41) is 2.96. The maximum absolute atomic E-state index is 12.3. The van der Waals surface area contributed by atoms with Crippen LogP contribution in [0.4, 0.5) is 0 Å². The Balaban J connectivity index is 1.96. The van der Waals surface area contributed by atoms with E-state index in [9.17, 15) is 4.79 Å². The average molecular weight is 341 g/mol. The fraction of sp³-hybridized carbons (Fsp3) is 0.400. The molecule has 0 saturated heterocycles. The fourth-order valence-corrected chi connectivity index (χ4v) is 2.61. The highest BCUT2D eigenvalue weighted by Gasteiger charge is 2.08. The molecule has 0 aliphatic carbocycles. The summed E-state index contributed by atoms with van der Waals surface area (Å²) < 4.78 is 5.34. The van der Waals surface area contributed by atoms with Crippen LogP contribution in [0.1, 0.15) is 42.3 Å². The third-order valence-corrected chi connectivity index (χ3v) is 4.03. The number of hydrogen-bond donors (Lipinski definition) is 1. The van der Waals surface area contributed by atoms with E-state index in [4.69, 9.17) is 4.74 Å². The predicted octanol–water partition coefficient (Wildman–Crippen LogP) is 3.25. The molecule has 1 amide bonds. The molecule has 0 atom stereocenters. The van der Waals surface area contributed by atoms with Crippen LogP contribution in [0.25, 0.3) is 0 Å². The van der Waals surface area contributed by atoms with E-state index in [1.807, 2.05) is 19.1 Å². The zero-order valence-corrected chi connectivity index (χ0v) is 15.3. The van der Waals surface area contributed by atoms with E-state index in [1.165, 1.54) is 5.56 Å². The van der Waals surface area contributed by atoms with E-state index >= 15 is 0 Å². The van der Waals surface area contributed by atoms with Crippen molar-refractivity contribution in [2.24, 2.45) is 0 Å². The van der Waals surface area contributed by atoms with Gasteiger partial charge in [-0.15, -0.1) is 0 Å². The molecule has 0 aliphatic rings. The predicted molar refractivity (Wildman–Crippen MR) is 99.6 cm³/mol. The first-order chi connectivity index (χ1) is 12.2. The van der Waals surface area contributed by atoms with Gasteiger partial charge in [0.25, 0.3) is 5.91 Å². The van der Waals surface area contributed by atoms with Crippen molar-refractivity contribution in [3.8, 4) is 5.88 Å². The van der Waals surface area contributed by atoms with Crippen molar-refractivity contribution in [1.82, 2.24) is 15.2 Å². The summed E-state index contributed by atoms with van der Waals surface area (Å²) in [6.07, 6.45) is 1.59. The lowest BCUT2D eigenvalue weighted by Crippen LogP contribution is -2.24. The molecule has 1 aromatic carbocycles. The molecule has 0 fully saturated rings. The third-order valence-electron chi connectivity index (χ3n) is 4.03. The standard InChI is InChI=1S/C20H27N3O2/c1-4-23(5-2)15-17-9-7-8-16(12-17)14-22-20(24)18-10-11-21-19(13-18)25-6-3/h7-13H,4-6,14-15H2,1-3H3,(H,22,24). The molecule has 2 aromatic rings. The monoisotopic (exact) mass is 341 g/mol. The minimum Gasteiger partial charge on any atom is -0.478 e. The van der Waals surface area contributed by atoms with E-state index in [2.05, 4.69) is 41.2 Å². The summed E-state index contributed by atoms with van der Waals surface area (Å²) in [6.45, 7) is 10.2. The molecule has 5 nitrogen and oxygen atoms in total. The van der Waals surface area contributed by atoms with Crippen LogP contribution in [0, 0.1) is 0 Å². The fourth-order valence-electron chi connectivity index (χ4n) is 2.61. The molecule has 1 heterocycles. The maximum atomic E-state index is 12.3. The first-order valence-electron chi connectivity index (χ1n) is 8.83. The van der Waals surface area contributed by atoms with Crippen LogP contribution in [0.3, 0.4) is 0 Å². The molecule has 2 rings (SSSR count). The van der Waals surface area contributed by atoms with Crippen molar-refractivity contribution < 1.29 is 9.53 Å². The van der Waals surface area contributed by atoms with Crippen LogP contribution < -0.4 is 10.1 Å². The van der Waals surface area contributed by atoms with Gasteiger partial charge in [-0.05, 0) is 37.2 Å². The first-order valence-corrected chi connectivity index (χ1v) is 8.83. The second-order valence-corrected chi connectivity index (χ2v) is 5.78. The minimum absolute atomic E-state index is 0.127. The zero-order valence-electron chi connectivity index (χ0n) is 15.3. The van der Waals surface area contributed by atoms with Crippen molar-refractivity contribution in [3.63, 3.8) is 0 Å². The Morgan fingerprint density at radius 2 is 1.88 bits per heavy atom. The lowest BCUT2D eigenvalue weighted by atomic mass is 10.1. The second kappa shape index (κ2) is 9.79. The highest BCUT2D eigenvalue weighted by atomic mass is 16.5. The summed E-state index contributed by atoms with van der Waals surface area (Å²) in [6, 6.07) is 11.7. The number of nitrogens with zero attached hydrogens (tertiary/aromatic N) is 2. The normalized spacial score (nSPS) is 10.7. The molecular weight excluding hydrogens is 314 g/mol. The Morgan fingerprint density at radius 1 is 1.12 bits per heavy atom. The van der Waals surface area contributed by atoms with Gasteiger partial charge < -0.3 is 10.1 Å². The molecular formula is C20H27N3O2. The molecule has 1 N–H and O–H groups in total. The summed E-state index contributed by atoms with van der Waals surface area (Å²) in [5.74, 6) is 0.342.